The first-order valence-corrected chi connectivity index (χ1v) is 4.80. The number of amides is 1. The van der Waals surface area contributed by atoms with E-state index in [1.54, 1.807) is 0 Å². The van der Waals surface area contributed by atoms with Crippen LogP contribution in [0.5, 0.6) is 0 Å². The minimum atomic E-state index is -0.806. The number of hydrogen-bond acceptors (Lipinski definition) is 3. The Balaban J connectivity index is 2.35. The van der Waals surface area contributed by atoms with Gasteiger partial charge in [-0.2, -0.15) is 0 Å². The minimum absolute atomic E-state index is 0.0628. The van der Waals surface area contributed by atoms with Crippen LogP contribution in [0, 0.1) is 0 Å². The maximum atomic E-state index is 10.7. The number of carbonyl (C=O) groups is 2. The third kappa shape index (κ3) is 3.33. The van der Waals surface area contributed by atoms with E-state index < -0.39 is 5.97 Å². The van der Waals surface area contributed by atoms with Crippen molar-refractivity contribution in [2.24, 2.45) is 0 Å². The van der Waals surface area contributed by atoms with Crippen molar-refractivity contribution in [2.45, 2.75) is 25.8 Å². The molecule has 1 rings (SSSR count). The lowest BCUT2D eigenvalue weighted by Gasteiger charge is -2.22. The van der Waals surface area contributed by atoms with Crippen molar-refractivity contribution < 1.29 is 14.7 Å². The van der Waals surface area contributed by atoms with Gasteiger partial charge in [0.2, 0.25) is 5.91 Å². The fourth-order valence-corrected chi connectivity index (χ4v) is 1.77. The summed E-state index contributed by atoms with van der Waals surface area (Å²) < 4.78 is 0. The lowest BCUT2D eigenvalue weighted by atomic mass is 10.2. The monoisotopic (exact) mass is 200 g/mol. The lowest BCUT2D eigenvalue weighted by Crippen LogP contribution is -2.41. The van der Waals surface area contributed by atoms with Gasteiger partial charge in [-0.1, -0.05) is 0 Å². The Morgan fingerprint density at radius 1 is 1.57 bits per heavy atom. The number of carboxylic acid groups (broad SMARTS) is 1. The van der Waals surface area contributed by atoms with Gasteiger partial charge in [-0.25, -0.2) is 0 Å². The molecular formula is C9H16N2O3. The number of carboxylic acids is 1. The van der Waals surface area contributed by atoms with Crippen LogP contribution in [-0.2, 0) is 9.59 Å². The molecule has 0 aromatic heterocycles. The molecule has 0 aromatic carbocycles. The molecule has 0 spiro atoms. The summed E-state index contributed by atoms with van der Waals surface area (Å²) in [6.07, 6.45) is 1.98. The molecule has 5 heteroatoms. The Morgan fingerprint density at radius 2 is 2.29 bits per heavy atom. The molecule has 0 aliphatic carbocycles. The molecule has 0 aromatic rings. The first-order valence-electron chi connectivity index (χ1n) is 4.80. The molecular weight excluding hydrogens is 184 g/mol. The summed E-state index contributed by atoms with van der Waals surface area (Å²) in [7, 11) is 0. The van der Waals surface area contributed by atoms with Crippen LogP contribution in [0.1, 0.15) is 19.8 Å². The van der Waals surface area contributed by atoms with Crippen LogP contribution < -0.4 is 5.32 Å². The highest BCUT2D eigenvalue weighted by Gasteiger charge is 2.25. The molecule has 1 heterocycles. The molecule has 0 unspecified atom stereocenters. The van der Waals surface area contributed by atoms with Gasteiger partial charge in [0.15, 0.2) is 0 Å². The van der Waals surface area contributed by atoms with E-state index in [0.29, 0.717) is 6.54 Å². The van der Waals surface area contributed by atoms with Gasteiger partial charge in [0.05, 0.1) is 6.54 Å². The fraction of sp³-hybridized carbons (Fsp3) is 0.778. The zero-order chi connectivity index (χ0) is 10.6. The fourth-order valence-electron chi connectivity index (χ4n) is 1.77. The summed E-state index contributed by atoms with van der Waals surface area (Å²) in [6, 6.07) is 0.190. The standard InChI is InChI=1S/C9H16N2O3/c1-7(12)10-5-8-3-2-4-11(8)6-9(13)14/h8H,2-6H2,1H3,(H,10,12)(H,13,14)/t8-/m0/s1. The SMILES string of the molecule is CC(=O)NC[C@@H]1CCCN1CC(=O)O. The molecule has 1 saturated heterocycles. The normalized spacial score (nSPS) is 22.2. The van der Waals surface area contributed by atoms with E-state index in [1.165, 1.54) is 6.92 Å². The number of rotatable bonds is 4. The van der Waals surface area contributed by atoms with Crippen molar-refractivity contribution in [1.29, 1.82) is 0 Å². The Bertz CT molecular complexity index is 230. The molecule has 1 aliphatic heterocycles. The van der Waals surface area contributed by atoms with Crippen molar-refractivity contribution in [3.8, 4) is 0 Å². The van der Waals surface area contributed by atoms with Crippen molar-refractivity contribution in [2.75, 3.05) is 19.6 Å². The number of hydrogen-bond donors (Lipinski definition) is 2. The van der Waals surface area contributed by atoms with E-state index in [9.17, 15) is 9.59 Å². The van der Waals surface area contributed by atoms with E-state index in [4.69, 9.17) is 5.11 Å². The van der Waals surface area contributed by atoms with Gasteiger partial charge in [-0.05, 0) is 19.4 Å². The van der Waals surface area contributed by atoms with Crippen molar-refractivity contribution >= 4 is 11.9 Å². The van der Waals surface area contributed by atoms with Crippen LogP contribution >= 0.6 is 0 Å². The molecule has 2 N–H and O–H groups in total. The maximum Gasteiger partial charge on any atom is 0.317 e. The van der Waals surface area contributed by atoms with Gasteiger partial charge in [0.25, 0.3) is 0 Å². The second-order valence-electron chi connectivity index (χ2n) is 3.60. The van der Waals surface area contributed by atoms with Crippen LogP contribution in [-0.4, -0.2) is 47.6 Å². The van der Waals surface area contributed by atoms with Crippen molar-refractivity contribution in [3.05, 3.63) is 0 Å². The lowest BCUT2D eigenvalue weighted by molar-refractivity contribution is -0.138. The van der Waals surface area contributed by atoms with E-state index >= 15 is 0 Å². The van der Waals surface area contributed by atoms with Gasteiger partial charge < -0.3 is 10.4 Å². The summed E-state index contributed by atoms with van der Waals surface area (Å²) in [4.78, 5) is 23.1. The highest BCUT2D eigenvalue weighted by Crippen LogP contribution is 2.15. The molecule has 0 radical (unpaired) electrons. The van der Waals surface area contributed by atoms with E-state index in [-0.39, 0.29) is 18.5 Å². The Kier molecular flexibility index (Phi) is 3.88. The van der Waals surface area contributed by atoms with E-state index in [0.717, 1.165) is 19.4 Å². The zero-order valence-corrected chi connectivity index (χ0v) is 8.32. The Labute approximate surface area is 83.1 Å². The summed E-state index contributed by atoms with van der Waals surface area (Å²) in [5.74, 6) is -0.869. The second-order valence-corrected chi connectivity index (χ2v) is 3.60. The third-order valence-corrected chi connectivity index (χ3v) is 2.42. The molecule has 1 amide bonds. The van der Waals surface area contributed by atoms with Crippen LogP contribution in [0.2, 0.25) is 0 Å². The van der Waals surface area contributed by atoms with E-state index in [1.807, 2.05) is 4.90 Å². The number of likely N-dealkylation sites (tertiary alicyclic amines) is 1. The Hall–Kier alpha value is -1.10. The maximum absolute atomic E-state index is 10.7. The minimum Gasteiger partial charge on any atom is -0.480 e. The number of nitrogens with one attached hydrogen (secondary N) is 1. The van der Waals surface area contributed by atoms with Gasteiger partial charge in [0, 0.05) is 19.5 Å². The molecule has 1 aliphatic rings. The van der Waals surface area contributed by atoms with Crippen LogP contribution in [0.3, 0.4) is 0 Å². The van der Waals surface area contributed by atoms with Crippen molar-refractivity contribution in [3.63, 3.8) is 0 Å². The quantitative estimate of drug-likeness (QED) is 0.652. The van der Waals surface area contributed by atoms with E-state index in [2.05, 4.69) is 5.32 Å². The number of carbonyl (C=O) groups excluding carboxylic acids is 1. The first-order chi connectivity index (χ1) is 6.59. The highest BCUT2D eigenvalue weighted by molar-refractivity contribution is 5.72. The van der Waals surface area contributed by atoms with Crippen LogP contribution in [0.15, 0.2) is 0 Å². The summed E-state index contributed by atoms with van der Waals surface area (Å²) in [6.45, 7) is 2.92. The first kappa shape index (κ1) is 11.0. The molecule has 0 saturated carbocycles. The molecule has 80 valence electrons. The summed E-state index contributed by atoms with van der Waals surface area (Å²) in [5, 5.41) is 11.4. The second kappa shape index (κ2) is 4.95. The van der Waals surface area contributed by atoms with Crippen molar-refractivity contribution in [1.82, 2.24) is 10.2 Å². The van der Waals surface area contributed by atoms with Gasteiger partial charge in [-0.3, -0.25) is 14.5 Å². The van der Waals surface area contributed by atoms with Crippen LogP contribution in [0.25, 0.3) is 0 Å². The van der Waals surface area contributed by atoms with Gasteiger partial charge in [0.1, 0.15) is 0 Å². The Morgan fingerprint density at radius 3 is 2.86 bits per heavy atom. The molecule has 1 atom stereocenters. The van der Waals surface area contributed by atoms with Gasteiger partial charge >= 0.3 is 5.97 Å². The summed E-state index contributed by atoms with van der Waals surface area (Å²) in [5.41, 5.74) is 0. The summed E-state index contributed by atoms with van der Waals surface area (Å²) >= 11 is 0. The number of nitrogens with zero attached hydrogens (tertiary/aromatic N) is 1. The molecule has 5 nitrogen and oxygen atoms in total. The number of aliphatic carboxylic acids is 1. The highest BCUT2D eigenvalue weighted by atomic mass is 16.4. The smallest absolute Gasteiger partial charge is 0.317 e. The molecule has 1 fully saturated rings. The average molecular weight is 200 g/mol. The van der Waals surface area contributed by atoms with Gasteiger partial charge in [-0.15, -0.1) is 0 Å². The largest absolute Gasteiger partial charge is 0.480 e. The molecule has 0 bridgehead atoms. The average Bonchev–Trinajstić information content (AvgIpc) is 2.47. The predicted octanol–water partition coefficient (Wildman–Crippen LogP) is -0.328. The zero-order valence-electron chi connectivity index (χ0n) is 8.32. The predicted molar refractivity (Wildman–Crippen MR) is 50.9 cm³/mol. The molecule has 14 heavy (non-hydrogen) atoms. The third-order valence-electron chi connectivity index (χ3n) is 2.42. The van der Waals surface area contributed by atoms with Crippen LogP contribution in [0.4, 0.5) is 0 Å². The topological polar surface area (TPSA) is 69.6 Å².